The maximum atomic E-state index is 12.4. The third-order valence-corrected chi connectivity index (χ3v) is 4.55. The van der Waals surface area contributed by atoms with Crippen LogP contribution < -0.4 is 0 Å². The lowest BCUT2D eigenvalue weighted by atomic mass is 9.83. The van der Waals surface area contributed by atoms with Gasteiger partial charge in [-0.15, -0.1) is 13.2 Å². The number of esters is 2. The van der Waals surface area contributed by atoms with Crippen molar-refractivity contribution in [2.45, 2.75) is 33.1 Å². The number of allylic oxidation sites excluding steroid dienone is 2. The molecule has 0 aromatic heterocycles. The zero-order valence-electron chi connectivity index (χ0n) is 14.0. The van der Waals surface area contributed by atoms with E-state index in [-0.39, 0.29) is 23.8 Å². The Hall–Kier alpha value is -1.84. The van der Waals surface area contributed by atoms with Crippen molar-refractivity contribution in [1.82, 2.24) is 0 Å². The molecule has 0 aromatic rings. The topological polar surface area (TPSA) is 52.6 Å². The molecule has 1 fully saturated rings. The number of fused-ring (bicyclic) bond motifs is 2. The molecule has 4 heteroatoms. The highest BCUT2D eigenvalue weighted by molar-refractivity contribution is 5.84. The molecule has 2 aliphatic rings. The van der Waals surface area contributed by atoms with Crippen molar-refractivity contribution in [3.63, 3.8) is 0 Å². The number of hydrogen-bond acceptors (Lipinski definition) is 4. The quantitative estimate of drug-likeness (QED) is 0.508. The SMILES string of the molecule is C=C(C)CCOC(=O)C1C2C=CC(C2)C1C(=O)OCCC(=C)C. The van der Waals surface area contributed by atoms with Gasteiger partial charge in [-0.25, -0.2) is 0 Å². The number of rotatable bonds is 8. The van der Waals surface area contributed by atoms with E-state index < -0.39 is 11.8 Å². The Kier molecular flexibility index (Phi) is 5.80. The minimum Gasteiger partial charge on any atom is -0.465 e. The van der Waals surface area contributed by atoms with Gasteiger partial charge in [0.2, 0.25) is 0 Å². The zero-order valence-corrected chi connectivity index (χ0v) is 14.0. The smallest absolute Gasteiger partial charge is 0.310 e. The van der Waals surface area contributed by atoms with E-state index in [1.54, 1.807) is 0 Å². The summed E-state index contributed by atoms with van der Waals surface area (Å²) in [6, 6.07) is 0. The lowest BCUT2D eigenvalue weighted by Crippen LogP contribution is -2.35. The van der Waals surface area contributed by atoms with Gasteiger partial charge in [0.25, 0.3) is 0 Å². The fourth-order valence-electron chi connectivity index (χ4n) is 3.31. The molecule has 0 aromatic carbocycles. The molecule has 2 rings (SSSR count). The van der Waals surface area contributed by atoms with Crippen molar-refractivity contribution >= 4 is 11.9 Å². The van der Waals surface area contributed by atoms with Crippen LogP contribution in [0, 0.1) is 23.7 Å². The average molecular weight is 318 g/mol. The first kappa shape index (κ1) is 17.5. The standard InChI is InChI=1S/C19H26O4/c1-12(2)7-9-22-18(20)16-14-5-6-15(11-14)17(16)19(21)23-10-8-13(3)4/h5-6,14-17H,1,3,7-11H2,2,4H3. The number of carbonyl (C=O) groups is 2. The monoisotopic (exact) mass is 318 g/mol. The van der Waals surface area contributed by atoms with Crippen molar-refractivity contribution in [1.29, 1.82) is 0 Å². The van der Waals surface area contributed by atoms with Crippen molar-refractivity contribution in [2.75, 3.05) is 13.2 Å². The van der Waals surface area contributed by atoms with Crippen LogP contribution >= 0.6 is 0 Å². The average Bonchev–Trinajstić information content (AvgIpc) is 3.06. The van der Waals surface area contributed by atoms with E-state index in [9.17, 15) is 9.59 Å². The van der Waals surface area contributed by atoms with E-state index in [2.05, 4.69) is 13.2 Å². The predicted octanol–water partition coefficient (Wildman–Crippen LogP) is 3.44. The van der Waals surface area contributed by atoms with Crippen LogP contribution in [0.15, 0.2) is 36.5 Å². The first-order valence-corrected chi connectivity index (χ1v) is 8.20. The Bertz CT molecular complexity index is 485. The Morgan fingerprint density at radius 1 is 0.913 bits per heavy atom. The van der Waals surface area contributed by atoms with Gasteiger partial charge in [-0.2, -0.15) is 0 Å². The van der Waals surface area contributed by atoms with Crippen LogP contribution in [0.3, 0.4) is 0 Å². The number of hydrogen-bond donors (Lipinski definition) is 0. The Balaban J connectivity index is 1.95. The van der Waals surface area contributed by atoms with Crippen molar-refractivity contribution in [2.24, 2.45) is 23.7 Å². The van der Waals surface area contributed by atoms with E-state index in [1.165, 1.54) is 0 Å². The van der Waals surface area contributed by atoms with E-state index in [0.29, 0.717) is 26.1 Å². The van der Waals surface area contributed by atoms with Gasteiger partial charge in [0.15, 0.2) is 0 Å². The molecule has 0 radical (unpaired) electrons. The second kappa shape index (κ2) is 7.62. The molecule has 4 atom stereocenters. The summed E-state index contributed by atoms with van der Waals surface area (Å²) in [6.07, 6.45) is 6.20. The fraction of sp³-hybridized carbons (Fsp3) is 0.579. The number of carbonyl (C=O) groups excluding carboxylic acids is 2. The van der Waals surface area contributed by atoms with Gasteiger partial charge in [-0.05, 0) is 32.1 Å². The Morgan fingerprint density at radius 2 is 1.30 bits per heavy atom. The molecule has 2 aliphatic carbocycles. The lowest BCUT2D eigenvalue weighted by Gasteiger charge is -2.25. The van der Waals surface area contributed by atoms with E-state index >= 15 is 0 Å². The van der Waals surface area contributed by atoms with E-state index in [0.717, 1.165) is 17.6 Å². The fourth-order valence-corrected chi connectivity index (χ4v) is 3.31. The highest BCUT2D eigenvalue weighted by Gasteiger charge is 2.53. The van der Waals surface area contributed by atoms with Gasteiger partial charge in [0, 0.05) is 12.8 Å². The van der Waals surface area contributed by atoms with Crippen LogP contribution in [0.1, 0.15) is 33.1 Å². The van der Waals surface area contributed by atoms with Crippen LogP contribution in [-0.4, -0.2) is 25.2 Å². The molecule has 0 saturated heterocycles. The first-order chi connectivity index (χ1) is 10.9. The summed E-state index contributed by atoms with van der Waals surface area (Å²) in [5, 5.41) is 0. The molecular formula is C19H26O4. The van der Waals surface area contributed by atoms with Gasteiger partial charge in [-0.3, -0.25) is 9.59 Å². The number of ether oxygens (including phenoxy) is 2. The summed E-state index contributed by atoms with van der Waals surface area (Å²) in [7, 11) is 0. The normalized spacial score (nSPS) is 27.7. The van der Waals surface area contributed by atoms with Crippen LogP contribution in [0.2, 0.25) is 0 Å². The zero-order chi connectivity index (χ0) is 17.0. The van der Waals surface area contributed by atoms with Crippen LogP contribution in [0.25, 0.3) is 0 Å². The second-order valence-electron chi connectivity index (χ2n) is 6.75. The lowest BCUT2D eigenvalue weighted by molar-refractivity contribution is -0.161. The Morgan fingerprint density at radius 3 is 1.65 bits per heavy atom. The van der Waals surface area contributed by atoms with Crippen LogP contribution in [-0.2, 0) is 19.1 Å². The molecule has 0 aliphatic heterocycles. The molecule has 126 valence electrons. The van der Waals surface area contributed by atoms with Crippen molar-refractivity contribution < 1.29 is 19.1 Å². The minimum atomic E-state index is -0.410. The van der Waals surface area contributed by atoms with Gasteiger partial charge in [-0.1, -0.05) is 23.3 Å². The Labute approximate surface area is 138 Å². The summed E-state index contributed by atoms with van der Waals surface area (Å²) in [6.45, 7) is 12.0. The third kappa shape index (κ3) is 4.34. The molecule has 0 heterocycles. The van der Waals surface area contributed by atoms with Gasteiger partial charge >= 0.3 is 11.9 Å². The molecule has 23 heavy (non-hydrogen) atoms. The van der Waals surface area contributed by atoms with Gasteiger partial charge in [0.1, 0.15) is 0 Å². The van der Waals surface area contributed by atoms with Crippen LogP contribution in [0.4, 0.5) is 0 Å². The highest BCUT2D eigenvalue weighted by atomic mass is 16.5. The molecule has 4 nitrogen and oxygen atoms in total. The third-order valence-electron chi connectivity index (χ3n) is 4.55. The molecule has 0 amide bonds. The summed E-state index contributed by atoms with van der Waals surface area (Å²) < 4.78 is 10.7. The first-order valence-electron chi connectivity index (χ1n) is 8.20. The molecule has 2 bridgehead atoms. The summed E-state index contributed by atoms with van der Waals surface area (Å²) >= 11 is 0. The molecular weight excluding hydrogens is 292 g/mol. The van der Waals surface area contributed by atoms with Crippen molar-refractivity contribution in [3.8, 4) is 0 Å². The van der Waals surface area contributed by atoms with Gasteiger partial charge in [0.05, 0.1) is 25.0 Å². The second-order valence-corrected chi connectivity index (χ2v) is 6.75. The van der Waals surface area contributed by atoms with E-state index in [1.807, 2.05) is 26.0 Å². The largest absolute Gasteiger partial charge is 0.465 e. The summed E-state index contributed by atoms with van der Waals surface area (Å²) in [5.74, 6) is -1.21. The molecule has 0 N–H and O–H groups in total. The molecule has 4 unspecified atom stereocenters. The highest BCUT2D eigenvalue weighted by Crippen LogP contribution is 2.49. The maximum Gasteiger partial charge on any atom is 0.310 e. The summed E-state index contributed by atoms with van der Waals surface area (Å²) in [5.41, 5.74) is 1.95. The van der Waals surface area contributed by atoms with E-state index in [4.69, 9.17) is 9.47 Å². The molecule has 1 saturated carbocycles. The van der Waals surface area contributed by atoms with Crippen molar-refractivity contribution in [3.05, 3.63) is 36.5 Å². The maximum absolute atomic E-state index is 12.4. The minimum absolute atomic E-state index is 0.0935. The predicted molar refractivity (Wildman–Crippen MR) is 88.5 cm³/mol. The van der Waals surface area contributed by atoms with Crippen LogP contribution in [0.5, 0.6) is 0 Å². The summed E-state index contributed by atoms with van der Waals surface area (Å²) in [4.78, 5) is 24.8. The van der Waals surface area contributed by atoms with Gasteiger partial charge < -0.3 is 9.47 Å². The molecule has 0 spiro atoms.